The number of carbonyl (C=O) groups excluding carboxylic acids is 2. The first-order chi connectivity index (χ1) is 28.0. The topological polar surface area (TPSA) is 95.6 Å². The Bertz CT molecular complexity index is 1810. The molecular weight excluding hydrogens is 743 g/mol. The first-order valence-corrected chi connectivity index (χ1v) is 20.1. The van der Waals surface area contributed by atoms with Crippen LogP contribution < -0.4 is 5.32 Å². The summed E-state index contributed by atoms with van der Waals surface area (Å²) in [5, 5.41) is 2.99. The van der Waals surface area contributed by atoms with Gasteiger partial charge in [0, 0.05) is 19.4 Å². The third kappa shape index (κ3) is 12.5. The van der Waals surface area contributed by atoms with Crippen molar-refractivity contribution in [2.24, 2.45) is 5.92 Å². The van der Waals surface area contributed by atoms with Crippen LogP contribution in [0.3, 0.4) is 0 Å². The first-order valence-electron chi connectivity index (χ1n) is 20.1. The van der Waals surface area contributed by atoms with E-state index in [2.05, 4.69) is 5.32 Å². The number of hydrogen-bond acceptors (Lipinski definition) is 8. The van der Waals surface area contributed by atoms with E-state index < -0.39 is 60.2 Å². The van der Waals surface area contributed by atoms with Crippen molar-refractivity contribution in [2.45, 2.75) is 102 Å². The average molecular weight is 801 g/mol. The number of nitrogens with zero attached hydrogens (tertiary/aromatic N) is 1. The van der Waals surface area contributed by atoms with Crippen LogP contribution >= 0.6 is 0 Å². The molecule has 58 heavy (non-hydrogen) atoms. The minimum Gasteiger partial charge on any atom is -0.460 e. The summed E-state index contributed by atoms with van der Waals surface area (Å²) in [6.45, 7) is 4.41. The van der Waals surface area contributed by atoms with Gasteiger partial charge in [0.2, 0.25) is 5.91 Å². The van der Waals surface area contributed by atoms with Crippen LogP contribution in [0, 0.1) is 5.92 Å². The van der Waals surface area contributed by atoms with E-state index in [0.717, 1.165) is 27.2 Å². The van der Waals surface area contributed by atoms with Gasteiger partial charge in [-0.05, 0) is 55.5 Å². The third-order valence-electron chi connectivity index (χ3n) is 10.9. The largest absolute Gasteiger partial charge is 0.460 e. The standard InChI is InChI=1S/C47H58F2N2O7/c1-35-42(33-54-29-37-19-9-5-10-20-37)58-46(3,44(56-31-39-23-13-7-14-24-39)43(35)55-30-38-21-11-6-12-22-38)47(48,49)34-51(36(2)52)28-18-17-27-41(50-4)45(53)57-32-40-25-15-8-16-26-40/h5-16,19-26,35,41-44,50H,17-18,27-34H2,1-4H3/t35-,41-,42+,43-,44+,46+/m0/s1. The van der Waals surface area contributed by atoms with Gasteiger partial charge < -0.3 is 33.9 Å². The highest BCUT2D eigenvalue weighted by Crippen LogP contribution is 2.46. The van der Waals surface area contributed by atoms with Crippen LogP contribution in [-0.2, 0) is 59.7 Å². The van der Waals surface area contributed by atoms with Crippen LogP contribution in [0.2, 0.25) is 0 Å². The summed E-state index contributed by atoms with van der Waals surface area (Å²) in [7, 11) is 1.68. The second-order valence-corrected chi connectivity index (χ2v) is 15.2. The van der Waals surface area contributed by atoms with E-state index in [1.807, 2.05) is 128 Å². The molecule has 0 saturated carbocycles. The summed E-state index contributed by atoms with van der Waals surface area (Å²) < 4.78 is 65.9. The van der Waals surface area contributed by atoms with Gasteiger partial charge in [0.1, 0.15) is 18.8 Å². The summed E-state index contributed by atoms with van der Waals surface area (Å²) in [5.41, 5.74) is 1.28. The predicted molar refractivity (Wildman–Crippen MR) is 219 cm³/mol. The molecule has 4 aromatic carbocycles. The van der Waals surface area contributed by atoms with E-state index in [-0.39, 0.29) is 39.6 Å². The smallest absolute Gasteiger partial charge is 0.323 e. The van der Waals surface area contributed by atoms with Gasteiger partial charge in [-0.15, -0.1) is 0 Å². The zero-order chi connectivity index (χ0) is 41.4. The summed E-state index contributed by atoms with van der Waals surface area (Å²) >= 11 is 0. The van der Waals surface area contributed by atoms with Gasteiger partial charge >= 0.3 is 5.97 Å². The summed E-state index contributed by atoms with van der Waals surface area (Å²) in [6.07, 6.45) is -1.57. The number of benzene rings is 4. The van der Waals surface area contributed by atoms with E-state index in [0.29, 0.717) is 19.3 Å². The lowest BCUT2D eigenvalue weighted by Crippen LogP contribution is -2.71. The fourth-order valence-electron chi connectivity index (χ4n) is 7.26. The van der Waals surface area contributed by atoms with Gasteiger partial charge in [0.25, 0.3) is 5.92 Å². The van der Waals surface area contributed by atoms with E-state index >= 15 is 8.78 Å². The Kier molecular flexibility index (Phi) is 16.9. The fourth-order valence-corrected chi connectivity index (χ4v) is 7.26. The highest BCUT2D eigenvalue weighted by Gasteiger charge is 2.64. The van der Waals surface area contributed by atoms with E-state index in [9.17, 15) is 9.59 Å². The van der Waals surface area contributed by atoms with Gasteiger partial charge in [0.15, 0.2) is 5.60 Å². The molecular formula is C47H58F2N2O7. The second kappa shape index (κ2) is 22.0. The normalized spacial score (nSPS) is 21.3. The van der Waals surface area contributed by atoms with Crippen molar-refractivity contribution in [1.29, 1.82) is 0 Å². The molecule has 1 saturated heterocycles. The van der Waals surface area contributed by atoms with Crippen LogP contribution in [0.4, 0.5) is 8.78 Å². The molecule has 1 aliphatic heterocycles. The van der Waals surface area contributed by atoms with Crippen LogP contribution in [0.1, 0.15) is 62.3 Å². The van der Waals surface area contributed by atoms with E-state index in [4.69, 9.17) is 23.7 Å². The Labute approximate surface area is 342 Å². The highest BCUT2D eigenvalue weighted by molar-refractivity contribution is 5.75. The molecule has 1 amide bonds. The van der Waals surface area contributed by atoms with Crippen LogP contribution in [0.25, 0.3) is 0 Å². The number of ether oxygens (including phenoxy) is 5. The minimum absolute atomic E-state index is 0.0369. The van der Waals surface area contributed by atoms with Crippen LogP contribution in [0.5, 0.6) is 0 Å². The molecule has 1 aliphatic rings. The predicted octanol–water partition coefficient (Wildman–Crippen LogP) is 8.15. The van der Waals surface area contributed by atoms with Crippen molar-refractivity contribution in [3.63, 3.8) is 0 Å². The summed E-state index contributed by atoms with van der Waals surface area (Å²) in [4.78, 5) is 27.0. The fraction of sp³-hybridized carbons (Fsp3) is 0.447. The van der Waals surface area contributed by atoms with Gasteiger partial charge in [0.05, 0.1) is 45.2 Å². The minimum atomic E-state index is -3.61. The molecule has 4 aromatic rings. The summed E-state index contributed by atoms with van der Waals surface area (Å²) in [6, 6.07) is 37.4. The number of unbranched alkanes of at least 4 members (excludes halogenated alkanes) is 1. The number of amides is 1. The Morgan fingerprint density at radius 3 is 1.79 bits per heavy atom. The maximum Gasteiger partial charge on any atom is 0.323 e. The molecule has 0 radical (unpaired) electrons. The Balaban J connectivity index is 1.33. The Morgan fingerprint density at radius 2 is 1.28 bits per heavy atom. The summed E-state index contributed by atoms with van der Waals surface area (Å²) in [5.74, 6) is -4.92. The van der Waals surface area contributed by atoms with Gasteiger partial charge in [-0.1, -0.05) is 128 Å². The maximum atomic E-state index is 17.4. The van der Waals surface area contributed by atoms with Crippen molar-refractivity contribution in [3.8, 4) is 0 Å². The molecule has 5 rings (SSSR count). The molecule has 9 nitrogen and oxygen atoms in total. The van der Waals surface area contributed by atoms with Crippen molar-refractivity contribution in [1.82, 2.24) is 10.2 Å². The van der Waals surface area contributed by atoms with Crippen molar-refractivity contribution >= 4 is 11.9 Å². The lowest BCUT2D eigenvalue weighted by Gasteiger charge is -2.54. The number of rotatable bonds is 22. The van der Waals surface area contributed by atoms with Crippen LogP contribution in [0.15, 0.2) is 121 Å². The number of alkyl halides is 2. The molecule has 0 spiro atoms. The van der Waals surface area contributed by atoms with Crippen LogP contribution in [-0.4, -0.2) is 79.4 Å². The van der Waals surface area contributed by atoms with Crippen molar-refractivity contribution in [3.05, 3.63) is 144 Å². The molecule has 312 valence electrons. The lowest BCUT2D eigenvalue weighted by molar-refractivity contribution is -0.336. The molecule has 1 fully saturated rings. The number of esters is 1. The number of hydrogen-bond donors (Lipinski definition) is 1. The van der Waals surface area contributed by atoms with Gasteiger partial charge in [-0.2, -0.15) is 0 Å². The molecule has 6 atom stereocenters. The molecule has 0 bridgehead atoms. The molecule has 1 N–H and O–H groups in total. The van der Waals surface area contributed by atoms with E-state index in [1.54, 1.807) is 7.05 Å². The molecule has 0 aliphatic carbocycles. The Hall–Kier alpha value is -4.52. The number of carbonyl (C=O) groups is 2. The quantitative estimate of drug-likeness (QED) is 0.0629. The lowest BCUT2D eigenvalue weighted by atomic mass is 9.77. The van der Waals surface area contributed by atoms with E-state index in [1.165, 1.54) is 13.8 Å². The molecule has 11 heteroatoms. The average Bonchev–Trinajstić information content (AvgIpc) is 3.24. The SMILES string of the molecule is CN[C@@H](CCCCN(CC(F)(F)[C@]1(C)O[C@H](COCc2ccccc2)[C@H](C)[C@H](OCc2ccccc2)[C@H]1OCc1ccccc1)C(C)=O)C(=O)OCc1ccccc1. The number of likely N-dealkylation sites (N-methyl/N-ethyl adjacent to an activating group) is 1. The molecule has 0 unspecified atom stereocenters. The number of nitrogens with one attached hydrogen (secondary N) is 1. The molecule has 0 aromatic heterocycles. The van der Waals surface area contributed by atoms with Gasteiger partial charge in [-0.3, -0.25) is 9.59 Å². The maximum absolute atomic E-state index is 17.4. The zero-order valence-electron chi connectivity index (χ0n) is 34.1. The zero-order valence-corrected chi connectivity index (χ0v) is 34.1. The monoisotopic (exact) mass is 800 g/mol. The second-order valence-electron chi connectivity index (χ2n) is 15.2. The van der Waals surface area contributed by atoms with Crippen molar-refractivity contribution in [2.75, 3.05) is 26.7 Å². The van der Waals surface area contributed by atoms with Crippen molar-refractivity contribution < 1.29 is 42.1 Å². The van der Waals surface area contributed by atoms with Gasteiger partial charge in [-0.25, -0.2) is 8.78 Å². The number of halogens is 2. The molecule has 1 heterocycles. The third-order valence-corrected chi connectivity index (χ3v) is 10.9. The highest BCUT2D eigenvalue weighted by atomic mass is 19.3. The first kappa shape index (κ1) is 44.6. The Morgan fingerprint density at radius 1 is 0.776 bits per heavy atom.